The second kappa shape index (κ2) is 7.73. The van der Waals surface area contributed by atoms with Crippen molar-refractivity contribution in [2.45, 2.75) is 13.3 Å². The molecule has 0 rings (SSSR count). The number of aliphatic imine (C=N–C) groups is 1. The van der Waals surface area contributed by atoms with E-state index in [1.54, 1.807) is 0 Å². The van der Waals surface area contributed by atoms with Crippen molar-refractivity contribution in [2.75, 3.05) is 18.1 Å². The van der Waals surface area contributed by atoms with Gasteiger partial charge in [-0.05, 0) is 12.2 Å². The van der Waals surface area contributed by atoms with Gasteiger partial charge in [-0.25, -0.2) is 9.79 Å². The molecule has 0 radical (unpaired) electrons. The second-order valence-electron chi connectivity index (χ2n) is 1.59. The maximum atomic E-state index is 9.54. The largest absolute Gasteiger partial charge is 0.234 e. The molecule has 0 spiro atoms. The van der Waals surface area contributed by atoms with Crippen LogP contribution in [0.3, 0.4) is 0 Å². The van der Waals surface area contributed by atoms with Gasteiger partial charge in [-0.2, -0.15) is 11.8 Å². The standard InChI is InChI=1S/C6H11NOS/c1-2-4-9-5-3-7-6-8/h2-5H2,1H3. The molecular weight excluding hydrogens is 134 g/mol. The van der Waals surface area contributed by atoms with Gasteiger partial charge in [-0.1, -0.05) is 6.92 Å². The van der Waals surface area contributed by atoms with Gasteiger partial charge < -0.3 is 0 Å². The number of rotatable bonds is 5. The summed E-state index contributed by atoms with van der Waals surface area (Å²) in [7, 11) is 0. The summed E-state index contributed by atoms with van der Waals surface area (Å²) in [6.07, 6.45) is 2.70. The summed E-state index contributed by atoms with van der Waals surface area (Å²) in [5, 5.41) is 0. The average Bonchev–Trinajstić information content (AvgIpc) is 1.89. The molecule has 0 unspecified atom stereocenters. The number of hydrogen-bond donors (Lipinski definition) is 0. The van der Waals surface area contributed by atoms with E-state index in [4.69, 9.17) is 0 Å². The third-order valence-electron chi connectivity index (χ3n) is 0.760. The van der Waals surface area contributed by atoms with Crippen LogP contribution in [-0.4, -0.2) is 24.1 Å². The van der Waals surface area contributed by atoms with Crippen LogP contribution in [0.2, 0.25) is 0 Å². The molecule has 0 aromatic rings. The molecule has 9 heavy (non-hydrogen) atoms. The smallest absolute Gasteiger partial charge is 0.211 e. The van der Waals surface area contributed by atoms with Crippen LogP contribution in [0.1, 0.15) is 13.3 Å². The molecule has 0 heterocycles. The first kappa shape index (κ1) is 8.73. The lowest BCUT2D eigenvalue weighted by Gasteiger charge is -1.91. The summed E-state index contributed by atoms with van der Waals surface area (Å²) < 4.78 is 0. The van der Waals surface area contributed by atoms with Gasteiger partial charge in [0.2, 0.25) is 6.08 Å². The minimum Gasteiger partial charge on any atom is -0.211 e. The normalized spacial score (nSPS) is 8.56. The summed E-state index contributed by atoms with van der Waals surface area (Å²) in [5.74, 6) is 2.11. The van der Waals surface area contributed by atoms with Crippen molar-refractivity contribution in [1.29, 1.82) is 0 Å². The Bertz CT molecular complexity index is 99.2. The lowest BCUT2D eigenvalue weighted by atomic mass is 10.6. The number of carbonyl (C=O) groups excluding carboxylic acids is 1. The molecule has 0 fully saturated rings. The van der Waals surface area contributed by atoms with E-state index in [0.717, 1.165) is 11.5 Å². The minimum absolute atomic E-state index is 0.619. The van der Waals surface area contributed by atoms with Crippen LogP contribution in [0.25, 0.3) is 0 Å². The number of hydrogen-bond acceptors (Lipinski definition) is 3. The summed E-state index contributed by atoms with van der Waals surface area (Å²) >= 11 is 1.82. The molecule has 52 valence electrons. The molecule has 0 amide bonds. The van der Waals surface area contributed by atoms with Gasteiger partial charge in [0.05, 0.1) is 6.54 Å². The van der Waals surface area contributed by atoms with Gasteiger partial charge in [-0.15, -0.1) is 0 Å². The van der Waals surface area contributed by atoms with Crippen LogP contribution in [-0.2, 0) is 4.79 Å². The van der Waals surface area contributed by atoms with E-state index in [2.05, 4.69) is 11.9 Å². The average molecular weight is 145 g/mol. The fourth-order valence-corrected chi connectivity index (χ4v) is 1.12. The Balaban J connectivity index is 2.82. The molecule has 0 bridgehead atoms. The molecule has 0 aliphatic heterocycles. The van der Waals surface area contributed by atoms with Gasteiger partial charge in [0.1, 0.15) is 0 Å². The first-order chi connectivity index (χ1) is 4.41. The molecule has 0 aromatic carbocycles. The number of nitrogens with zero attached hydrogens (tertiary/aromatic N) is 1. The highest BCUT2D eigenvalue weighted by atomic mass is 32.2. The Morgan fingerprint density at radius 3 is 2.89 bits per heavy atom. The molecule has 2 nitrogen and oxygen atoms in total. The summed E-state index contributed by atoms with van der Waals surface area (Å²) in [6, 6.07) is 0. The molecule has 0 aliphatic carbocycles. The third kappa shape index (κ3) is 7.73. The Labute approximate surface area is 59.7 Å². The second-order valence-corrected chi connectivity index (χ2v) is 2.81. The minimum atomic E-state index is 0.619. The summed E-state index contributed by atoms with van der Waals surface area (Å²) in [6.45, 7) is 2.75. The van der Waals surface area contributed by atoms with Crippen LogP contribution < -0.4 is 0 Å². The molecule has 0 atom stereocenters. The molecule has 3 heteroatoms. The monoisotopic (exact) mass is 145 g/mol. The van der Waals surface area contributed by atoms with Gasteiger partial charge in [0.25, 0.3) is 0 Å². The zero-order valence-corrected chi connectivity index (χ0v) is 6.41. The van der Waals surface area contributed by atoms with Crippen LogP contribution in [0.4, 0.5) is 0 Å². The van der Waals surface area contributed by atoms with Crippen LogP contribution in [0.5, 0.6) is 0 Å². The Morgan fingerprint density at radius 2 is 2.33 bits per heavy atom. The van der Waals surface area contributed by atoms with Crippen molar-refractivity contribution < 1.29 is 4.79 Å². The maximum Gasteiger partial charge on any atom is 0.234 e. The van der Waals surface area contributed by atoms with E-state index >= 15 is 0 Å². The highest BCUT2D eigenvalue weighted by Crippen LogP contribution is 2.00. The van der Waals surface area contributed by atoms with E-state index in [-0.39, 0.29) is 0 Å². The van der Waals surface area contributed by atoms with Crippen LogP contribution >= 0.6 is 11.8 Å². The Kier molecular flexibility index (Phi) is 7.50. The van der Waals surface area contributed by atoms with E-state index in [1.807, 2.05) is 11.8 Å². The number of thioether (sulfide) groups is 1. The lowest BCUT2D eigenvalue weighted by Crippen LogP contribution is -1.85. The van der Waals surface area contributed by atoms with E-state index < -0.39 is 0 Å². The third-order valence-corrected chi connectivity index (χ3v) is 1.93. The Hall–Kier alpha value is -0.270. The van der Waals surface area contributed by atoms with Gasteiger partial charge in [0.15, 0.2) is 0 Å². The topological polar surface area (TPSA) is 29.4 Å². The highest BCUT2D eigenvalue weighted by molar-refractivity contribution is 7.99. The summed E-state index contributed by atoms with van der Waals surface area (Å²) in [4.78, 5) is 13.0. The predicted molar refractivity (Wildman–Crippen MR) is 40.6 cm³/mol. The molecule has 0 aromatic heterocycles. The van der Waals surface area contributed by atoms with E-state index in [0.29, 0.717) is 6.54 Å². The zero-order valence-electron chi connectivity index (χ0n) is 5.59. The Morgan fingerprint density at radius 1 is 1.56 bits per heavy atom. The van der Waals surface area contributed by atoms with Crippen LogP contribution in [0, 0.1) is 0 Å². The van der Waals surface area contributed by atoms with E-state index in [1.165, 1.54) is 12.5 Å². The van der Waals surface area contributed by atoms with Gasteiger partial charge in [-0.3, -0.25) is 0 Å². The lowest BCUT2D eigenvalue weighted by molar-refractivity contribution is 0.563. The first-order valence-corrected chi connectivity index (χ1v) is 4.18. The molecular formula is C6H11NOS. The van der Waals surface area contributed by atoms with Crippen molar-refractivity contribution in [2.24, 2.45) is 4.99 Å². The predicted octanol–water partition coefficient (Wildman–Crippen LogP) is 1.47. The number of isocyanates is 1. The van der Waals surface area contributed by atoms with Crippen molar-refractivity contribution in [3.8, 4) is 0 Å². The molecule has 0 saturated carbocycles. The van der Waals surface area contributed by atoms with Gasteiger partial charge in [0, 0.05) is 5.75 Å². The van der Waals surface area contributed by atoms with Crippen molar-refractivity contribution >= 4 is 17.8 Å². The van der Waals surface area contributed by atoms with Crippen molar-refractivity contribution in [3.63, 3.8) is 0 Å². The quantitative estimate of drug-likeness (QED) is 0.333. The van der Waals surface area contributed by atoms with E-state index in [9.17, 15) is 4.79 Å². The van der Waals surface area contributed by atoms with Gasteiger partial charge >= 0.3 is 0 Å². The molecule has 0 N–H and O–H groups in total. The summed E-state index contributed by atoms with van der Waals surface area (Å²) in [5.41, 5.74) is 0. The van der Waals surface area contributed by atoms with Crippen molar-refractivity contribution in [1.82, 2.24) is 0 Å². The zero-order chi connectivity index (χ0) is 6.95. The SMILES string of the molecule is CCCSCCN=C=O. The fourth-order valence-electron chi connectivity index (χ4n) is 0.402. The molecule has 0 saturated heterocycles. The van der Waals surface area contributed by atoms with Crippen LogP contribution in [0.15, 0.2) is 4.99 Å². The molecule has 0 aliphatic rings. The fraction of sp³-hybridized carbons (Fsp3) is 0.833. The maximum absolute atomic E-state index is 9.54. The van der Waals surface area contributed by atoms with Crippen molar-refractivity contribution in [3.05, 3.63) is 0 Å². The first-order valence-electron chi connectivity index (χ1n) is 3.03. The highest BCUT2D eigenvalue weighted by Gasteiger charge is 1.83.